The van der Waals surface area contributed by atoms with Gasteiger partial charge < -0.3 is 14.6 Å². The number of aliphatic hydroxyl groups excluding tert-OH is 1. The number of rotatable bonds is 10. The van der Waals surface area contributed by atoms with Crippen molar-refractivity contribution in [2.75, 3.05) is 19.8 Å². The standard InChI is InChI=1S/C14H12F14O5/c1-2-8(3-29,4-32-6(30)9(15,16)11(19,20)13(23,24)25)5-33-7(31)10(17,18)12(21,22)14(26,27)28/h29H,2-5H2,1H3. The molecule has 0 atom stereocenters. The number of aliphatic hydroxyl groups is 1. The summed E-state index contributed by atoms with van der Waals surface area (Å²) in [4.78, 5) is 22.2. The number of halogens is 14. The van der Waals surface area contributed by atoms with Gasteiger partial charge in [0.15, 0.2) is 0 Å². The van der Waals surface area contributed by atoms with Gasteiger partial charge in [0.05, 0.1) is 12.0 Å². The predicted molar refractivity (Wildman–Crippen MR) is 73.6 cm³/mol. The third kappa shape index (κ3) is 5.71. The zero-order valence-electron chi connectivity index (χ0n) is 15.7. The first-order chi connectivity index (χ1) is 14.4. The largest absolute Gasteiger partial charge is 0.460 e. The Balaban J connectivity index is 5.56. The van der Waals surface area contributed by atoms with Crippen molar-refractivity contribution >= 4 is 11.9 Å². The molecular formula is C14H12F14O5. The molecule has 5 nitrogen and oxygen atoms in total. The molecule has 0 heterocycles. The molecule has 1 N–H and O–H groups in total. The van der Waals surface area contributed by atoms with Crippen molar-refractivity contribution < 1.29 is 85.6 Å². The molecule has 0 saturated heterocycles. The summed E-state index contributed by atoms with van der Waals surface area (Å²) in [7, 11) is 0. The quantitative estimate of drug-likeness (QED) is 0.343. The molecule has 0 rings (SSSR count). The van der Waals surface area contributed by atoms with Gasteiger partial charge in [0.25, 0.3) is 0 Å². The van der Waals surface area contributed by atoms with Crippen LogP contribution in [0, 0.1) is 5.41 Å². The smallest absolute Gasteiger partial charge is 0.460 e. The summed E-state index contributed by atoms with van der Waals surface area (Å²) in [6.45, 7) is -4.34. The normalized spacial score (nSPS) is 14.8. The molecule has 0 saturated carbocycles. The predicted octanol–water partition coefficient (Wildman–Crippen LogP) is 4.13. The van der Waals surface area contributed by atoms with Crippen LogP contribution in [0.1, 0.15) is 13.3 Å². The van der Waals surface area contributed by atoms with Gasteiger partial charge in [0, 0.05) is 0 Å². The van der Waals surface area contributed by atoms with E-state index in [2.05, 4.69) is 9.47 Å². The molecule has 33 heavy (non-hydrogen) atoms. The second-order valence-electron chi connectivity index (χ2n) is 6.46. The van der Waals surface area contributed by atoms with Crippen LogP contribution in [0.15, 0.2) is 0 Å². The summed E-state index contributed by atoms with van der Waals surface area (Å²) in [5.41, 5.74) is -2.56. The Morgan fingerprint density at radius 2 is 0.909 bits per heavy atom. The monoisotopic (exact) mass is 526 g/mol. The highest BCUT2D eigenvalue weighted by Gasteiger charge is 2.78. The Morgan fingerprint density at radius 3 is 1.09 bits per heavy atom. The minimum absolute atomic E-state index is 0.799. The summed E-state index contributed by atoms with van der Waals surface area (Å²) in [6, 6.07) is 0. The van der Waals surface area contributed by atoms with E-state index < -0.39 is 79.6 Å². The number of alkyl halides is 14. The van der Waals surface area contributed by atoms with Gasteiger partial charge in [-0.3, -0.25) is 0 Å². The van der Waals surface area contributed by atoms with Gasteiger partial charge >= 0.3 is 48.0 Å². The third-order valence-electron chi connectivity index (χ3n) is 4.12. The van der Waals surface area contributed by atoms with Gasteiger partial charge in [0.1, 0.15) is 13.2 Å². The fourth-order valence-corrected chi connectivity index (χ4v) is 1.68. The highest BCUT2D eigenvalue weighted by molar-refractivity contribution is 5.79. The second kappa shape index (κ2) is 9.28. The highest BCUT2D eigenvalue weighted by Crippen LogP contribution is 2.48. The van der Waals surface area contributed by atoms with Gasteiger partial charge in [-0.05, 0) is 6.42 Å². The van der Waals surface area contributed by atoms with Crippen LogP contribution in [0.2, 0.25) is 0 Å². The molecule has 0 fully saturated rings. The van der Waals surface area contributed by atoms with Crippen LogP contribution in [0.4, 0.5) is 61.5 Å². The average Bonchev–Trinajstić information content (AvgIpc) is 2.65. The molecule has 0 aliphatic carbocycles. The lowest BCUT2D eigenvalue weighted by molar-refractivity contribution is -0.349. The molecule has 0 aromatic carbocycles. The van der Waals surface area contributed by atoms with Crippen LogP contribution in [-0.2, 0) is 19.1 Å². The van der Waals surface area contributed by atoms with Crippen molar-refractivity contribution in [2.45, 2.75) is 49.4 Å². The SMILES string of the molecule is CCC(CO)(COC(=O)C(F)(F)C(F)(F)C(F)(F)F)COC(=O)C(F)(F)C(F)(F)C(F)(F)F. The van der Waals surface area contributed by atoms with Gasteiger partial charge in [-0.15, -0.1) is 0 Å². The molecule has 19 heteroatoms. The van der Waals surface area contributed by atoms with E-state index in [0.717, 1.165) is 6.92 Å². The summed E-state index contributed by atoms with van der Waals surface area (Å²) < 4.78 is 183. The van der Waals surface area contributed by atoms with Crippen LogP contribution < -0.4 is 0 Å². The lowest BCUT2D eigenvalue weighted by Crippen LogP contribution is -2.57. The fourth-order valence-electron chi connectivity index (χ4n) is 1.68. The maximum Gasteiger partial charge on any atom is 0.460 e. The number of carbonyl (C=O) groups is 2. The van der Waals surface area contributed by atoms with Crippen molar-refractivity contribution in [3.8, 4) is 0 Å². The summed E-state index contributed by atoms with van der Waals surface area (Å²) in [6.07, 6.45) is -14.7. The van der Waals surface area contributed by atoms with Crippen LogP contribution in [-0.4, -0.2) is 72.9 Å². The Kier molecular flexibility index (Phi) is 8.70. The lowest BCUT2D eigenvalue weighted by Gasteiger charge is -2.32. The van der Waals surface area contributed by atoms with Crippen molar-refractivity contribution in [2.24, 2.45) is 5.41 Å². The summed E-state index contributed by atoms with van der Waals surface area (Å²) >= 11 is 0. The van der Waals surface area contributed by atoms with Crippen molar-refractivity contribution in [3.05, 3.63) is 0 Å². The molecule has 0 aromatic rings. The van der Waals surface area contributed by atoms with E-state index in [0.29, 0.717) is 0 Å². The van der Waals surface area contributed by atoms with E-state index in [1.807, 2.05) is 0 Å². The highest BCUT2D eigenvalue weighted by atomic mass is 19.4. The molecular weight excluding hydrogens is 514 g/mol. The maximum absolute atomic E-state index is 13.2. The van der Waals surface area contributed by atoms with Gasteiger partial charge in [-0.25, -0.2) is 9.59 Å². The minimum Gasteiger partial charge on any atom is -0.460 e. The fraction of sp³-hybridized carbons (Fsp3) is 0.857. The number of hydrogen-bond donors (Lipinski definition) is 1. The first-order valence-corrected chi connectivity index (χ1v) is 7.98. The topological polar surface area (TPSA) is 72.8 Å². The number of carbonyl (C=O) groups excluding carboxylic acids is 2. The maximum atomic E-state index is 13.2. The second-order valence-corrected chi connectivity index (χ2v) is 6.46. The zero-order chi connectivity index (χ0) is 26.9. The van der Waals surface area contributed by atoms with E-state index in [4.69, 9.17) is 0 Å². The Hall–Kier alpha value is -2.08. The van der Waals surface area contributed by atoms with E-state index in [1.165, 1.54) is 0 Å². The molecule has 0 aliphatic rings. The Morgan fingerprint density at radius 1 is 0.636 bits per heavy atom. The first kappa shape index (κ1) is 30.9. The third-order valence-corrected chi connectivity index (χ3v) is 4.12. The Bertz CT molecular complexity index is 652. The van der Waals surface area contributed by atoms with Gasteiger partial charge in [0.2, 0.25) is 0 Å². The van der Waals surface area contributed by atoms with Crippen molar-refractivity contribution in [1.82, 2.24) is 0 Å². The molecule has 0 aliphatic heterocycles. The van der Waals surface area contributed by atoms with Gasteiger partial charge in [-0.1, -0.05) is 6.92 Å². The zero-order valence-corrected chi connectivity index (χ0v) is 15.7. The van der Waals surface area contributed by atoms with Gasteiger partial charge in [-0.2, -0.15) is 61.5 Å². The van der Waals surface area contributed by atoms with E-state index in [1.54, 1.807) is 0 Å². The molecule has 0 aromatic heterocycles. The molecule has 0 unspecified atom stereocenters. The van der Waals surface area contributed by atoms with Crippen LogP contribution in [0.25, 0.3) is 0 Å². The Labute approximate surface area is 173 Å². The molecule has 0 radical (unpaired) electrons. The van der Waals surface area contributed by atoms with E-state index in [9.17, 15) is 76.2 Å². The minimum atomic E-state index is -6.96. The summed E-state index contributed by atoms with van der Waals surface area (Å²) in [5, 5.41) is 9.17. The van der Waals surface area contributed by atoms with E-state index in [-0.39, 0.29) is 0 Å². The molecule has 196 valence electrons. The van der Waals surface area contributed by atoms with Crippen LogP contribution in [0.3, 0.4) is 0 Å². The number of ether oxygens (including phenoxy) is 2. The number of hydrogen-bond acceptors (Lipinski definition) is 5. The van der Waals surface area contributed by atoms with Crippen LogP contribution >= 0.6 is 0 Å². The average molecular weight is 526 g/mol. The molecule has 0 bridgehead atoms. The van der Waals surface area contributed by atoms with E-state index >= 15 is 0 Å². The first-order valence-electron chi connectivity index (χ1n) is 7.98. The van der Waals surface area contributed by atoms with Crippen molar-refractivity contribution in [1.29, 1.82) is 0 Å². The van der Waals surface area contributed by atoms with Crippen LogP contribution in [0.5, 0.6) is 0 Å². The molecule has 0 amide bonds. The molecule has 0 spiro atoms. The van der Waals surface area contributed by atoms with Crippen molar-refractivity contribution in [3.63, 3.8) is 0 Å². The number of esters is 2. The lowest BCUT2D eigenvalue weighted by atomic mass is 9.88. The summed E-state index contributed by atoms with van der Waals surface area (Å²) in [5.74, 6) is -34.1.